The molecule has 0 spiro atoms. The first kappa shape index (κ1) is 15.0. The Morgan fingerprint density at radius 3 is 2.80 bits per heavy atom. The van der Waals surface area contributed by atoms with Crippen molar-refractivity contribution in [1.82, 2.24) is 14.9 Å². The fourth-order valence-corrected chi connectivity index (χ4v) is 3.14. The van der Waals surface area contributed by atoms with Crippen molar-refractivity contribution in [2.45, 2.75) is 5.92 Å². The Balaban J connectivity index is 1.45. The van der Waals surface area contributed by atoms with Crippen LogP contribution in [0.1, 0.15) is 22.7 Å². The molecule has 122 valence electrons. The van der Waals surface area contributed by atoms with Crippen LogP contribution in [0.3, 0.4) is 0 Å². The zero-order chi connectivity index (χ0) is 17.2. The minimum Gasteiger partial charge on any atom is -0.337 e. The van der Waals surface area contributed by atoms with E-state index in [1.165, 1.54) is 5.56 Å². The first-order chi connectivity index (χ1) is 12.3. The molecule has 1 atom stereocenters. The van der Waals surface area contributed by atoms with Crippen LogP contribution in [-0.2, 0) is 0 Å². The Morgan fingerprint density at radius 2 is 2.00 bits per heavy atom. The number of imidazole rings is 1. The summed E-state index contributed by atoms with van der Waals surface area (Å²) in [7, 11) is 0. The fraction of sp³-hybridized carbons (Fsp3) is 0.105. The van der Waals surface area contributed by atoms with Crippen molar-refractivity contribution in [1.29, 1.82) is 5.26 Å². The molecule has 25 heavy (non-hydrogen) atoms. The van der Waals surface area contributed by atoms with E-state index in [9.17, 15) is 4.79 Å². The van der Waals surface area contributed by atoms with Gasteiger partial charge in [-0.3, -0.25) is 0 Å². The van der Waals surface area contributed by atoms with Crippen LogP contribution in [0.25, 0.3) is 5.69 Å². The van der Waals surface area contributed by atoms with Crippen LogP contribution in [0, 0.1) is 11.3 Å². The molecule has 6 nitrogen and oxygen atoms in total. The monoisotopic (exact) mass is 329 g/mol. The van der Waals surface area contributed by atoms with Gasteiger partial charge in [0, 0.05) is 24.3 Å². The Morgan fingerprint density at radius 1 is 1.20 bits per heavy atom. The van der Waals surface area contributed by atoms with Gasteiger partial charge in [-0.2, -0.15) is 5.26 Å². The number of fused-ring (bicyclic) bond motifs is 3. The van der Waals surface area contributed by atoms with Gasteiger partial charge in [-0.25, -0.2) is 9.78 Å². The third-order valence-corrected chi connectivity index (χ3v) is 4.33. The molecular formula is C19H15N5O. The number of anilines is 1. The Bertz CT molecular complexity index is 968. The van der Waals surface area contributed by atoms with Gasteiger partial charge in [-0.05, 0) is 35.9 Å². The lowest BCUT2D eigenvalue weighted by Gasteiger charge is -2.13. The molecule has 2 N–H and O–H groups in total. The third kappa shape index (κ3) is 2.72. The quantitative estimate of drug-likeness (QED) is 0.775. The number of rotatable bonds is 3. The second-order valence-corrected chi connectivity index (χ2v) is 5.82. The normalized spacial score (nSPS) is 14.3. The van der Waals surface area contributed by atoms with Crippen LogP contribution >= 0.6 is 0 Å². The van der Waals surface area contributed by atoms with Gasteiger partial charge in [0.05, 0.1) is 29.3 Å². The number of amides is 2. The lowest BCUT2D eigenvalue weighted by Crippen LogP contribution is -2.32. The minimum absolute atomic E-state index is 0.0745. The number of urea groups is 1. The molecular weight excluding hydrogens is 314 g/mol. The average molecular weight is 329 g/mol. The summed E-state index contributed by atoms with van der Waals surface area (Å²) in [6.45, 7) is 0.477. The van der Waals surface area contributed by atoms with Gasteiger partial charge in [0.25, 0.3) is 0 Å². The molecule has 2 amide bonds. The summed E-state index contributed by atoms with van der Waals surface area (Å²) in [5.41, 5.74) is 4.56. The highest BCUT2D eigenvalue weighted by atomic mass is 16.2. The summed E-state index contributed by atoms with van der Waals surface area (Å²) < 4.78 is 2.06. The number of carbonyl (C=O) groups is 1. The van der Waals surface area contributed by atoms with Gasteiger partial charge < -0.3 is 15.2 Å². The zero-order valence-electron chi connectivity index (χ0n) is 13.3. The van der Waals surface area contributed by atoms with Crippen molar-refractivity contribution < 1.29 is 4.79 Å². The largest absolute Gasteiger partial charge is 0.337 e. The second kappa shape index (κ2) is 6.13. The van der Waals surface area contributed by atoms with Crippen LogP contribution in [0.15, 0.2) is 61.1 Å². The second-order valence-electron chi connectivity index (χ2n) is 5.82. The van der Waals surface area contributed by atoms with Gasteiger partial charge in [0.15, 0.2) is 0 Å². The summed E-state index contributed by atoms with van der Waals surface area (Å²) in [6, 6.07) is 16.6. The Hall–Kier alpha value is -3.59. The van der Waals surface area contributed by atoms with Crippen LogP contribution in [0.2, 0.25) is 0 Å². The van der Waals surface area contributed by atoms with Crippen LogP contribution in [0.4, 0.5) is 10.5 Å². The number of nitrogens with one attached hydrogen (secondary N) is 2. The highest BCUT2D eigenvalue weighted by Crippen LogP contribution is 2.36. The summed E-state index contributed by atoms with van der Waals surface area (Å²) >= 11 is 0. The smallest absolute Gasteiger partial charge is 0.319 e. The first-order valence-corrected chi connectivity index (χ1v) is 7.93. The maximum Gasteiger partial charge on any atom is 0.319 e. The zero-order valence-corrected chi connectivity index (χ0v) is 13.3. The number of benzene rings is 2. The van der Waals surface area contributed by atoms with E-state index in [4.69, 9.17) is 5.26 Å². The number of nitrogens with zero attached hydrogens (tertiary/aromatic N) is 3. The van der Waals surface area contributed by atoms with E-state index in [0.29, 0.717) is 17.8 Å². The highest BCUT2D eigenvalue weighted by Gasteiger charge is 2.28. The van der Waals surface area contributed by atoms with E-state index < -0.39 is 0 Å². The maximum atomic E-state index is 12.2. The predicted molar refractivity (Wildman–Crippen MR) is 93.6 cm³/mol. The van der Waals surface area contributed by atoms with Gasteiger partial charge >= 0.3 is 6.03 Å². The van der Waals surface area contributed by atoms with Crippen molar-refractivity contribution in [2.75, 3.05) is 11.9 Å². The molecule has 4 rings (SSSR count). The molecule has 0 saturated carbocycles. The van der Waals surface area contributed by atoms with E-state index in [2.05, 4.69) is 32.3 Å². The molecule has 0 fully saturated rings. The fourth-order valence-electron chi connectivity index (χ4n) is 3.14. The van der Waals surface area contributed by atoms with E-state index in [1.54, 1.807) is 30.6 Å². The van der Waals surface area contributed by atoms with E-state index in [0.717, 1.165) is 11.4 Å². The average Bonchev–Trinajstić information content (AvgIpc) is 3.22. The van der Waals surface area contributed by atoms with Gasteiger partial charge in [0.1, 0.15) is 0 Å². The lowest BCUT2D eigenvalue weighted by molar-refractivity contribution is 0.252. The van der Waals surface area contributed by atoms with Gasteiger partial charge in [-0.15, -0.1) is 0 Å². The summed E-state index contributed by atoms with van der Waals surface area (Å²) in [6.07, 6.45) is 3.63. The maximum absolute atomic E-state index is 12.2. The summed E-state index contributed by atoms with van der Waals surface area (Å²) in [5, 5.41) is 14.5. The van der Waals surface area contributed by atoms with E-state index >= 15 is 0 Å². The minimum atomic E-state index is -0.278. The first-order valence-electron chi connectivity index (χ1n) is 7.93. The molecule has 0 radical (unpaired) electrons. The molecule has 1 aromatic heterocycles. The number of aromatic nitrogens is 2. The SMILES string of the molecule is N#Cc1ccc(NC(=O)NCC2c3ccccc3-n3cncc32)cc1. The summed E-state index contributed by atoms with van der Waals surface area (Å²) in [5.74, 6) is 0.0745. The number of hydrogen-bond donors (Lipinski definition) is 2. The molecule has 2 heterocycles. The molecule has 1 aliphatic rings. The van der Waals surface area contributed by atoms with Crippen molar-refractivity contribution >= 4 is 11.7 Å². The van der Waals surface area contributed by atoms with Crippen molar-refractivity contribution in [3.05, 3.63) is 77.9 Å². The number of hydrogen-bond acceptors (Lipinski definition) is 3. The molecule has 0 aliphatic carbocycles. The van der Waals surface area contributed by atoms with Gasteiger partial charge in [0.2, 0.25) is 0 Å². The Kier molecular flexibility index (Phi) is 3.67. The lowest BCUT2D eigenvalue weighted by atomic mass is 9.98. The molecule has 6 heteroatoms. The predicted octanol–water partition coefficient (Wildman–Crippen LogP) is 3.01. The van der Waals surface area contributed by atoms with Crippen molar-refractivity contribution in [2.24, 2.45) is 0 Å². The number of nitriles is 1. The molecule has 3 aromatic rings. The van der Waals surface area contributed by atoms with Crippen LogP contribution in [-0.4, -0.2) is 22.1 Å². The van der Waals surface area contributed by atoms with Crippen LogP contribution in [0.5, 0.6) is 0 Å². The van der Waals surface area contributed by atoms with Gasteiger partial charge in [-0.1, -0.05) is 18.2 Å². The third-order valence-electron chi connectivity index (χ3n) is 4.33. The van der Waals surface area contributed by atoms with Crippen molar-refractivity contribution in [3.63, 3.8) is 0 Å². The van der Waals surface area contributed by atoms with E-state index in [-0.39, 0.29) is 11.9 Å². The molecule has 0 saturated heterocycles. The molecule has 1 unspecified atom stereocenters. The van der Waals surface area contributed by atoms with Crippen molar-refractivity contribution in [3.8, 4) is 11.8 Å². The summed E-state index contributed by atoms with van der Waals surface area (Å²) in [4.78, 5) is 16.4. The number of para-hydroxylation sites is 1. The molecule has 2 aromatic carbocycles. The van der Waals surface area contributed by atoms with Crippen LogP contribution < -0.4 is 10.6 Å². The highest BCUT2D eigenvalue weighted by molar-refractivity contribution is 5.89. The molecule has 1 aliphatic heterocycles. The number of carbonyl (C=O) groups excluding carboxylic acids is 1. The Labute approximate surface area is 144 Å². The molecule has 0 bridgehead atoms. The topological polar surface area (TPSA) is 82.7 Å². The standard InChI is InChI=1S/C19H15N5O/c20-9-13-5-7-14(8-6-13)23-19(25)22-10-16-15-3-1-2-4-17(15)24-12-21-11-18(16)24/h1-8,11-12,16H,10H2,(H2,22,23,25). The van der Waals surface area contributed by atoms with E-state index in [1.807, 2.05) is 24.4 Å².